The normalized spacial score (nSPS) is 11.8. The smallest absolute Gasteiger partial charge is 0.238 e. The van der Waals surface area contributed by atoms with E-state index >= 15 is 0 Å². The largest absolute Gasteiger partial charge is 0.748 e. The van der Waals surface area contributed by atoms with Crippen LogP contribution in [0.1, 0.15) is 11.1 Å². The van der Waals surface area contributed by atoms with Gasteiger partial charge in [0.25, 0.3) is 0 Å². The molecule has 24 heavy (non-hydrogen) atoms. The van der Waals surface area contributed by atoms with Gasteiger partial charge in [0.1, 0.15) is 31.7 Å². The number of rotatable bonds is 6. The van der Waals surface area contributed by atoms with Crippen LogP contribution in [0, 0.1) is 13.8 Å². The van der Waals surface area contributed by atoms with E-state index in [0.717, 1.165) is 0 Å². The number of benzene rings is 1. The lowest BCUT2D eigenvalue weighted by molar-refractivity contribution is -0.114. The van der Waals surface area contributed by atoms with Gasteiger partial charge in [-0.25, -0.2) is 16.8 Å². The Morgan fingerprint density at radius 1 is 0.833 bits per heavy atom. The molecule has 0 spiro atoms. The fourth-order valence-electron chi connectivity index (χ4n) is 1.78. The van der Waals surface area contributed by atoms with Crippen molar-refractivity contribution in [2.75, 3.05) is 22.1 Å². The van der Waals surface area contributed by atoms with Gasteiger partial charge in [0, 0.05) is 11.4 Å². The second-order valence-electron chi connectivity index (χ2n) is 4.98. The van der Waals surface area contributed by atoms with Gasteiger partial charge in [-0.1, -0.05) is 0 Å². The molecule has 0 heterocycles. The zero-order valence-corrected chi connectivity index (χ0v) is 14.3. The van der Waals surface area contributed by atoms with Gasteiger partial charge in [-0.2, -0.15) is 0 Å². The molecule has 12 heteroatoms. The SMILES string of the molecule is Cc1cc(NC(=O)CS(=O)(=O)[O-])c(C)cc1NC(=O)CS(=O)(=O)[O-]. The fraction of sp³-hybridized carbons (Fsp3) is 0.333. The van der Waals surface area contributed by atoms with Crippen LogP contribution in [0.4, 0.5) is 11.4 Å². The number of anilines is 2. The zero-order valence-electron chi connectivity index (χ0n) is 12.7. The summed E-state index contributed by atoms with van der Waals surface area (Å²) in [4.78, 5) is 22.9. The summed E-state index contributed by atoms with van der Waals surface area (Å²) < 4.78 is 63.2. The summed E-state index contributed by atoms with van der Waals surface area (Å²) in [7, 11) is -9.43. The fourth-order valence-corrected chi connectivity index (χ4v) is 2.57. The second-order valence-corrected chi connectivity index (χ2v) is 7.79. The number of carbonyl (C=O) groups is 2. The molecule has 10 nitrogen and oxygen atoms in total. The van der Waals surface area contributed by atoms with E-state index in [4.69, 9.17) is 0 Å². The average Bonchev–Trinajstić information content (AvgIpc) is 2.30. The van der Waals surface area contributed by atoms with E-state index in [9.17, 15) is 35.5 Å². The highest BCUT2D eigenvalue weighted by molar-refractivity contribution is 7.86. The molecule has 0 radical (unpaired) electrons. The standard InChI is InChI=1S/C12H16N2O8S2/c1-7-3-10(14-12(16)6-24(20,21)22)8(2)4-9(7)13-11(15)5-23(17,18)19/h3-4H,5-6H2,1-2H3,(H,13,15)(H,14,16)(H,17,18,19)(H,20,21,22)/p-2. The van der Waals surface area contributed by atoms with Gasteiger partial charge in [-0.15, -0.1) is 0 Å². The summed E-state index contributed by atoms with van der Waals surface area (Å²) in [5.74, 6) is -4.46. The Bertz CT molecular complexity index is 801. The van der Waals surface area contributed by atoms with Crippen molar-refractivity contribution in [2.24, 2.45) is 0 Å². The molecule has 0 bridgehead atoms. The Labute approximate surface area is 138 Å². The Kier molecular flexibility index (Phi) is 6.05. The highest BCUT2D eigenvalue weighted by Crippen LogP contribution is 2.24. The van der Waals surface area contributed by atoms with Crippen LogP contribution in [0.25, 0.3) is 0 Å². The molecule has 1 aromatic rings. The molecule has 0 aromatic heterocycles. The molecule has 1 aromatic carbocycles. The molecule has 0 saturated carbocycles. The molecule has 0 saturated heterocycles. The van der Waals surface area contributed by atoms with Crippen molar-refractivity contribution in [1.82, 2.24) is 0 Å². The van der Waals surface area contributed by atoms with Gasteiger partial charge in [-0.3, -0.25) is 9.59 Å². The Morgan fingerprint density at radius 3 is 1.38 bits per heavy atom. The van der Waals surface area contributed by atoms with Gasteiger partial charge < -0.3 is 19.7 Å². The van der Waals surface area contributed by atoms with E-state index in [0.29, 0.717) is 11.1 Å². The first kappa shape index (κ1) is 20.0. The summed E-state index contributed by atoms with van der Waals surface area (Å²) in [5, 5.41) is 4.50. The van der Waals surface area contributed by atoms with Crippen LogP contribution in [-0.4, -0.2) is 49.3 Å². The molecular weight excluding hydrogens is 364 g/mol. The van der Waals surface area contributed by atoms with Gasteiger partial charge in [0.05, 0.1) is 0 Å². The number of amides is 2. The molecule has 2 N–H and O–H groups in total. The number of nitrogens with one attached hydrogen (secondary N) is 2. The van der Waals surface area contributed by atoms with E-state index in [1.54, 1.807) is 0 Å². The molecule has 0 fully saturated rings. The first-order valence-electron chi connectivity index (χ1n) is 6.35. The maximum absolute atomic E-state index is 11.4. The average molecular weight is 378 g/mol. The van der Waals surface area contributed by atoms with Crippen LogP contribution < -0.4 is 10.6 Å². The van der Waals surface area contributed by atoms with E-state index in [2.05, 4.69) is 10.6 Å². The van der Waals surface area contributed by atoms with Crippen molar-refractivity contribution < 1.29 is 35.5 Å². The molecule has 2 amide bonds. The Balaban J connectivity index is 2.94. The first-order valence-corrected chi connectivity index (χ1v) is 9.50. The minimum Gasteiger partial charge on any atom is -0.748 e. The van der Waals surface area contributed by atoms with Gasteiger partial charge in [0.15, 0.2) is 0 Å². The third-order valence-corrected chi connectivity index (χ3v) is 3.97. The summed E-state index contributed by atoms with van der Waals surface area (Å²) in [6, 6.07) is 2.79. The summed E-state index contributed by atoms with van der Waals surface area (Å²) in [5.41, 5.74) is 1.27. The zero-order chi connectivity index (χ0) is 18.7. The highest BCUT2D eigenvalue weighted by Gasteiger charge is 2.13. The number of hydrogen-bond acceptors (Lipinski definition) is 8. The molecule has 0 aliphatic heterocycles. The molecule has 0 aliphatic carbocycles. The van der Waals surface area contributed by atoms with Crippen molar-refractivity contribution >= 4 is 43.4 Å². The quantitative estimate of drug-likeness (QED) is 0.609. The van der Waals surface area contributed by atoms with E-state index < -0.39 is 43.6 Å². The molecule has 134 valence electrons. The number of carbonyl (C=O) groups excluding carboxylic acids is 2. The molecule has 0 atom stereocenters. The van der Waals surface area contributed by atoms with Gasteiger partial charge in [0.2, 0.25) is 11.8 Å². The summed E-state index contributed by atoms with van der Waals surface area (Å²) in [6.45, 7) is 3.06. The van der Waals surface area contributed by atoms with Gasteiger partial charge in [-0.05, 0) is 37.1 Å². The maximum atomic E-state index is 11.4. The number of aryl methyl sites for hydroxylation is 2. The topological polar surface area (TPSA) is 173 Å². The molecule has 0 aliphatic rings. The predicted molar refractivity (Wildman–Crippen MR) is 82.3 cm³/mol. The minimum atomic E-state index is -4.71. The second kappa shape index (κ2) is 7.25. The highest BCUT2D eigenvalue weighted by atomic mass is 32.2. The lowest BCUT2D eigenvalue weighted by Crippen LogP contribution is -2.24. The van der Waals surface area contributed by atoms with Crippen LogP contribution in [0.15, 0.2) is 12.1 Å². The molecule has 0 unspecified atom stereocenters. The van der Waals surface area contributed by atoms with E-state index in [-0.39, 0.29) is 11.4 Å². The van der Waals surface area contributed by atoms with Crippen LogP contribution in [0.2, 0.25) is 0 Å². The lowest BCUT2D eigenvalue weighted by Gasteiger charge is -2.15. The first-order chi connectivity index (χ1) is 10.8. The van der Waals surface area contributed by atoms with Crippen LogP contribution in [0.3, 0.4) is 0 Å². The van der Waals surface area contributed by atoms with E-state index in [1.807, 2.05) is 0 Å². The van der Waals surface area contributed by atoms with Crippen molar-refractivity contribution in [1.29, 1.82) is 0 Å². The van der Waals surface area contributed by atoms with Crippen LogP contribution in [-0.2, 0) is 29.8 Å². The third-order valence-electron chi connectivity index (χ3n) is 2.74. The predicted octanol–water partition coefficient (Wildman–Crippen LogP) is -0.729. The molecule has 1 rings (SSSR count). The minimum absolute atomic E-state index is 0.218. The lowest BCUT2D eigenvalue weighted by atomic mass is 10.1. The van der Waals surface area contributed by atoms with E-state index in [1.165, 1.54) is 26.0 Å². The summed E-state index contributed by atoms with van der Waals surface area (Å²) in [6.07, 6.45) is 0. The monoisotopic (exact) mass is 378 g/mol. The van der Waals surface area contributed by atoms with Crippen LogP contribution >= 0.6 is 0 Å². The van der Waals surface area contributed by atoms with Crippen molar-refractivity contribution in [3.63, 3.8) is 0 Å². The number of hydrogen-bond donors (Lipinski definition) is 2. The van der Waals surface area contributed by atoms with Crippen molar-refractivity contribution in [3.05, 3.63) is 23.3 Å². The third kappa shape index (κ3) is 7.04. The Morgan fingerprint density at radius 2 is 1.12 bits per heavy atom. The van der Waals surface area contributed by atoms with Crippen LogP contribution in [0.5, 0.6) is 0 Å². The Hall–Kier alpha value is -2.02. The van der Waals surface area contributed by atoms with Gasteiger partial charge >= 0.3 is 0 Å². The maximum Gasteiger partial charge on any atom is 0.238 e. The summed E-state index contributed by atoms with van der Waals surface area (Å²) >= 11 is 0. The van der Waals surface area contributed by atoms with Crippen molar-refractivity contribution in [3.8, 4) is 0 Å². The van der Waals surface area contributed by atoms with Crippen molar-refractivity contribution in [2.45, 2.75) is 13.8 Å². The molecular formula is C12H14N2O8S2-2.